The van der Waals surface area contributed by atoms with Gasteiger partial charge in [0.2, 0.25) is 10.0 Å². The minimum atomic E-state index is -4.56. The Bertz CT molecular complexity index is 1110. The summed E-state index contributed by atoms with van der Waals surface area (Å²) in [5.41, 5.74) is -0.391. The number of amides is 1. The first-order valence-corrected chi connectivity index (χ1v) is 11.7. The van der Waals surface area contributed by atoms with Crippen LogP contribution in [0.5, 0.6) is 0 Å². The van der Waals surface area contributed by atoms with Crippen LogP contribution in [0, 0.1) is 0 Å². The molecule has 1 aliphatic heterocycles. The summed E-state index contributed by atoms with van der Waals surface area (Å²) in [6, 6.07) is 8.38. The van der Waals surface area contributed by atoms with Crippen LogP contribution in [0.15, 0.2) is 47.4 Å². The number of sulfonamides is 1. The molecule has 1 aliphatic rings. The van der Waals surface area contributed by atoms with Gasteiger partial charge in [-0.25, -0.2) is 8.42 Å². The average molecular weight is 486 g/mol. The lowest BCUT2D eigenvalue weighted by Gasteiger charge is -2.34. The van der Waals surface area contributed by atoms with Crippen LogP contribution in [0.1, 0.15) is 29.8 Å². The van der Waals surface area contributed by atoms with Crippen molar-refractivity contribution in [3.63, 3.8) is 0 Å². The zero-order valence-electron chi connectivity index (χ0n) is 18.7. The van der Waals surface area contributed by atoms with Crippen LogP contribution in [0.3, 0.4) is 0 Å². The van der Waals surface area contributed by atoms with Crippen LogP contribution >= 0.6 is 0 Å². The van der Waals surface area contributed by atoms with Gasteiger partial charge in [-0.05, 0) is 56.3 Å². The summed E-state index contributed by atoms with van der Waals surface area (Å²) in [4.78, 5) is 14.3. The van der Waals surface area contributed by atoms with Gasteiger partial charge in [0.05, 0.1) is 34.0 Å². The molecule has 180 valence electrons. The highest BCUT2D eigenvalue weighted by Gasteiger charge is 2.33. The summed E-state index contributed by atoms with van der Waals surface area (Å²) in [6.45, 7) is 4.03. The van der Waals surface area contributed by atoms with Gasteiger partial charge in [0.15, 0.2) is 0 Å². The minimum Gasteiger partial charge on any atom is -0.376 e. The van der Waals surface area contributed by atoms with Gasteiger partial charge in [-0.15, -0.1) is 0 Å². The Hall–Kier alpha value is -2.63. The second-order valence-corrected chi connectivity index (χ2v) is 10.1. The molecule has 0 saturated carbocycles. The molecule has 2 aromatic rings. The quantitative estimate of drug-likeness (QED) is 0.697. The molecule has 0 radical (unpaired) electrons. The van der Waals surface area contributed by atoms with E-state index in [1.54, 1.807) is 32.8 Å². The highest BCUT2D eigenvalue weighted by Crippen LogP contribution is 2.35. The van der Waals surface area contributed by atoms with Gasteiger partial charge in [-0.3, -0.25) is 4.79 Å². The summed E-state index contributed by atoms with van der Waals surface area (Å²) < 4.78 is 72.2. The molecule has 0 bridgehead atoms. The van der Waals surface area contributed by atoms with Crippen molar-refractivity contribution in [1.29, 1.82) is 0 Å². The maximum atomic E-state index is 13.1. The highest BCUT2D eigenvalue weighted by molar-refractivity contribution is 7.89. The molecule has 2 atom stereocenters. The van der Waals surface area contributed by atoms with E-state index in [2.05, 4.69) is 5.32 Å². The van der Waals surface area contributed by atoms with Crippen LogP contribution in [0.2, 0.25) is 0 Å². The molecule has 1 amide bonds. The second kappa shape index (κ2) is 9.32. The largest absolute Gasteiger partial charge is 0.416 e. The monoisotopic (exact) mass is 485 g/mol. The summed E-state index contributed by atoms with van der Waals surface area (Å²) in [7, 11) is -0.491. The number of carbonyl (C=O) groups is 1. The number of morpholine rings is 1. The first-order valence-electron chi connectivity index (χ1n) is 10.2. The summed E-state index contributed by atoms with van der Waals surface area (Å²) in [6.07, 6.45) is -5.05. The summed E-state index contributed by atoms with van der Waals surface area (Å²) >= 11 is 0. The molecule has 11 heteroatoms. The van der Waals surface area contributed by atoms with E-state index >= 15 is 0 Å². The van der Waals surface area contributed by atoms with Crippen molar-refractivity contribution in [3.8, 4) is 0 Å². The Morgan fingerprint density at radius 3 is 2.15 bits per heavy atom. The third-order valence-electron chi connectivity index (χ3n) is 5.19. The standard InChI is InChI=1S/C22H26F3N3O4S/c1-14-12-28(13-15(2)32-14)33(30,31)18-8-5-16(6-9-18)21(29)26-19-11-17(22(23,24)25)7-10-20(19)27(3)4/h5-11,14-15H,12-13H2,1-4H3,(H,26,29). The fourth-order valence-electron chi connectivity index (χ4n) is 3.65. The van der Waals surface area contributed by atoms with Crippen LogP contribution in [0.25, 0.3) is 0 Å². The fourth-order valence-corrected chi connectivity index (χ4v) is 5.24. The maximum Gasteiger partial charge on any atom is 0.416 e. The Labute approximate surface area is 191 Å². The first-order chi connectivity index (χ1) is 15.3. The van der Waals surface area contributed by atoms with Gasteiger partial charge in [0.25, 0.3) is 5.91 Å². The summed E-state index contributed by atoms with van der Waals surface area (Å²) in [5.74, 6) is -0.657. The van der Waals surface area contributed by atoms with Gasteiger partial charge in [0, 0.05) is 32.7 Å². The minimum absolute atomic E-state index is 0.00665. The smallest absolute Gasteiger partial charge is 0.376 e. The van der Waals surface area contributed by atoms with E-state index in [-0.39, 0.29) is 41.4 Å². The normalized spacial score (nSPS) is 19.8. The van der Waals surface area contributed by atoms with Crippen LogP contribution in [0.4, 0.5) is 24.5 Å². The number of anilines is 2. The van der Waals surface area contributed by atoms with E-state index in [1.807, 2.05) is 0 Å². The molecule has 1 heterocycles. The molecular formula is C22H26F3N3O4S. The lowest BCUT2D eigenvalue weighted by molar-refractivity contribution is -0.137. The lowest BCUT2D eigenvalue weighted by Crippen LogP contribution is -2.48. The maximum absolute atomic E-state index is 13.1. The molecule has 1 saturated heterocycles. The number of benzene rings is 2. The number of ether oxygens (including phenoxy) is 1. The number of hydrogen-bond acceptors (Lipinski definition) is 5. The lowest BCUT2D eigenvalue weighted by atomic mass is 10.1. The number of nitrogens with one attached hydrogen (secondary N) is 1. The van der Waals surface area contributed by atoms with Crippen molar-refractivity contribution in [2.75, 3.05) is 37.4 Å². The number of hydrogen-bond donors (Lipinski definition) is 1. The van der Waals surface area contributed by atoms with Gasteiger partial charge in [-0.1, -0.05) is 0 Å². The molecule has 0 aromatic heterocycles. The van der Waals surface area contributed by atoms with Gasteiger partial charge in [-0.2, -0.15) is 17.5 Å². The molecule has 7 nitrogen and oxygen atoms in total. The molecule has 3 rings (SSSR count). The molecule has 0 aliphatic carbocycles. The van der Waals surface area contributed by atoms with E-state index in [0.29, 0.717) is 5.69 Å². The van der Waals surface area contributed by atoms with Crippen LogP contribution in [-0.4, -0.2) is 58.0 Å². The van der Waals surface area contributed by atoms with Crippen LogP contribution < -0.4 is 10.2 Å². The van der Waals surface area contributed by atoms with Gasteiger partial charge < -0.3 is 15.0 Å². The van der Waals surface area contributed by atoms with E-state index in [1.165, 1.54) is 34.6 Å². The molecule has 2 aromatic carbocycles. The third kappa shape index (κ3) is 5.66. The predicted octanol–water partition coefficient (Wildman–Crippen LogP) is 3.82. The van der Waals surface area contributed by atoms with Gasteiger partial charge in [0.1, 0.15) is 0 Å². The van der Waals surface area contributed by atoms with Crippen LogP contribution in [-0.2, 0) is 20.9 Å². The molecular weight excluding hydrogens is 459 g/mol. The molecule has 1 N–H and O–H groups in total. The van der Waals surface area contributed by atoms with E-state index in [0.717, 1.165) is 12.1 Å². The third-order valence-corrected chi connectivity index (χ3v) is 7.04. The Morgan fingerprint density at radius 2 is 1.64 bits per heavy atom. The van der Waals surface area contributed by atoms with Crippen molar-refractivity contribution in [1.82, 2.24) is 4.31 Å². The Balaban J connectivity index is 1.83. The van der Waals surface area contributed by atoms with Crippen molar-refractivity contribution < 1.29 is 31.1 Å². The average Bonchev–Trinajstić information content (AvgIpc) is 2.72. The predicted molar refractivity (Wildman–Crippen MR) is 119 cm³/mol. The number of carbonyl (C=O) groups excluding carboxylic acids is 1. The van der Waals surface area contributed by atoms with E-state index in [4.69, 9.17) is 4.74 Å². The molecule has 1 fully saturated rings. The topological polar surface area (TPSA) is 79.0 Å². The Morgan fingerprint density at radius 1 is 1.06 bits per heavy atom. The molecule has 2 unspecified atom stereocenters. The first kappa shape index (κ1) is 25.0. The molecule has 33 heavy (non-hydrogen) atoms. The zero-order chi connectivity index (χ0) is 24.6. The van der Waals surface area contributed by atoms with Crippen molar-refractivity contribution in [2.24, 2.45) is 0 Å². The van der Waals surface area contributed by atoms with Gasteiger partial charge >= 0.3 is 6.18 Å². The zero-order valence-corrected chi connectivity index (χ0v) is 19.5. The SMILES string of the molecule is CC1CN(S(=O)(=O)c2ccc(C(=O)Nc3cc(C(F)(F)F)ccc3N(C)C)cc2)CC(C)O1. The number of rotatable bonds is 5. The van der Waals surface area contributed by atoms with Crippen molar-refractivity contribution in [2.45, 2.75) is 37.1 Å². The van der Waals surface area contributed by atoms with E-state index < -0.39 is 27.7 Å². The Kier molecular flexibility index (Phi) is 7.06. The number of nitrogens with zero attached hydrogens (tertiary/aromatic N) is 2. The number of halogens is 3. The van der Waals surface area contributed by atoms with E-state index in [9.17, 15) is 26.4 Å². The fraction of sp³-hybridized carbons (Fsp3) is 0.409. The highest BCUT2D eigenvalue weighted by atomic mass is 32.2. The number of alkyl halides is 3. The second-order valence-electron chi connectivity index (χ2n) is 8.18. The summed E-state index contributed by atoms with van der Waals surface area (Å²) in [5, 5.41) is 2.50. The molecule has 0 spiro atoms. The van der Waals surface area contributed by atoms with Crippen molar-refractivity contribution in [3.05, 3.63) is 53.6 Å². The van der Waals surface area contributed by atoms with Crippen molar-refractivity contribution >= 4 is 27.3 Å².